The van der Waals surface area contributed by atoms with Gasteiger partial charge in [0.25, 0.3) is 0 Å². The maximum Gasteiger partial charge on any atom is 0.355 e. The zero-order chi connectivity index (χ0) is 21.8. The summed E-state index contributed by atoms with van der Waals surface area (Å²) in [6.07, 6.45) is -0.965. The lowest BCUT2D eigenvalue weighted by Gasteiger charge is -2.10. The molecule has 8 nitrogen and oxygen atoms in total. The molecule has 0 fully saturated rings. The van der Waals surface area contributed by atoms with Crippen LogP contribution in [0.5, 0.6) is 11.5 Å². The molecule has 2 heterocycles. The predicted molar refractivity (Wildman–Crippen MR) is 112 cm³/mol. The Morgan fingerprint density at radius 3 is 2.57 bits per heavy atom. The van der Waals surface area contributed by atoms with Gasteiger partial charge in [0, 0.05) is 23.3 Å². The molecule has 0 spiro atoms. The summed E-state index contributed by atoms with van der Waals surface area (Å²) in [4.78, 5) is 40.5. The van der Waals surface area contributed by atoms with E-state index in [2.05, 4.69) is 10.3 Å². The molecule has 0 aliphatic carbocycles. The maximum absolute atomic E-state index is 12.6. The zero-order valence-corrected chi connectivity index (χ0v) is 17.8. The molecule has 0 aliphatic heterocycles. The van der Waals surface area contributed by atoms with Crippen molar-refractivity contribution in [3.63, 3.8) is 0 Å². The van der Waals surface area contributed by atoms with Crippen molar-refractivity contribution in [1.82, 2.24) is 10.3 Å². The fourth-order valence-corrected chi connectivity index (χ4v) is 3.83. The van der Waals surface area contributed by atoms with Crippen LogP contribution in [0.15, 0.2) is 30.3 Å². The number of rotatable bonds is 8. The number of amides is 1. The summed E-state index contributed by atoms with van der Waals surface area (Å²) < 4.78 is 15.9. The van der Waals surface area contributed by atoms with Crippen LogP contribution in [0.25, 0.3) is 10.9 Å². The van der Waals surface area contributed by atoms with E-state index in [9.17, 15) is 14.4 Å². The largest absolute Gasteiger partial charge is 0.497 e. The van der Waals surface area contributed by atoms with Crippen LogP contribution in [0.4, 0.5) is 0 Å². The van der Waals surface area contributed by atoms with E-state index in [1.165, 1.54) is 32.3 Å². The smallest absolute Gasteiger partial charge is 0.355 e. The van der Waals surface area contributed by atoms with Crippen molar-refractivity contribution in [3.05, 3.63) is 45.8 Å². The molecule has 9 heteroatoms. The number of Topliss-reactive ketones (excluding diaryl/α,β-unsaturated/α-hetero) is 1. The number of fused-ring (bicyclic) bond motifs is 1. The number of methoxy groups -OCH3 is 2. The molecular formula is C21H22N2O6S. The molecule has 0 saturated heterocycles. The van der Waals surface area contributed by atoms with Crippen LogP contribution in [0.2, 0.25) is 0 Å². The number of nitrogens with one attached hydrogen (secondary N) is 2. The molecule has 0 bridgehead atoms. The zero-order valence-electron chi connectivity index (χ0n) is 17.0. The average molecular weight is 430 g/mol. The number of aromatic nitrogens is 1. The van der Waals surface area contributed by atoms with Crippen LogP contribution in [-0.4, -0.2) is 43.0 Å². The van der Waals surface area contributed by atoms with Crippen molar-refractivity contribution in [2.45, 2.75) is 26.5 Å². The Labute approximate surface area is 177 Å². The van der Waals surface area contributed by atoms with Crippen molar-refractivity contribution < 1.29 is 28.6 Å². The minimum atomic E-state index is -0.965. The second-order valence-corrected chi connectivity index (χ2v) is 7.73. The van der Waals surface area contributed by atoms with Crippen LogP contribution in [0, 0.1) is 0 Å². The van der Waals surface area contributed by atoms with Gasteiger partial charge in [-0.2, -0.15) is 0 Å². The Hall–Kier alpha value is -3.33. The van der Waals surface area contributed by atoms with Crippen LogP contribution < -0.4 is 14.8 Å². The Bertz CT molecular complexity index is 1100. The maximum atomic E-state index is 12.6. The molecule has 3 aromatic rings. The fraction of sp³-hybridized carbons (Fsp3) is 0.286. The van der Waals surface area contributed by atoms with Gasteiger partial charge < -0.3 is 24.5 Å². The van der Waals surface area contributed by atoms with Gasteiger partial charge in [0.05, 0.1) is 31.2 Å². The molecule has 1 atom stereocenters. The van der Waals surface area contributed by atoms with Gasteiger partial charge in [0.2, 0.25) is 11.7 Å². The molecule has 0 radical (unpaired) electrons. The number of thiophene rings is 1. The van der Waals surface area contributed by atoms with E-state index in [1.807, 2.05) is 0 Å². The first kappa shape index (κ1) is 21.4. The normalized spacial score (nSPS) is 11.7. The van der Waals surface area contributed by atoms with Gasteiger partial charge in [0.1, 0.15) is 17.2 Å². The number of benzene rings is 1. The van der Waals surface area contributed by atoms with E-state index in [-0.39, 0.29) is 17.4 Å². The van der Waals surface area contributed by atoms with Crippen LogP contribution in [0.1, 0.15) is 38.9 Å². The van der Waals surface area contributed by atoms with E-state index in [1.54, 1.807) is 37.4 Å². The highest BCUT2D eigenvalue weighted by Gasteiger charge is 2.23. The molecule has 1 amide bonds. The molecule has 3 rings (SSSR count). The predicted octanol–water partition coefficient (Wildman–Crippen LogP) is 3.31. The average Bonchev–Trinajstić information content (AvgIpc) is 3.37. The summed E-state index contributed by atoms with van der Waals surface area (Å²) in [5.41, 5.74) is 0.832. The number of esters is 1. The molecule has 1 unspecified atom stereocenters. The highest BCUT2D eigenvalue weighted by molar-refractivity contribution is 7.14. The lowest BCUT2D eigenvalue weighted by atomic mass is 10.2. The standard InChI is InChI=1S/C21H22N2O6S/c1-11(20(25)18-6-5-15(30-18)10-22-12(2)24)29-21(26)16-8-13-7-14(27-3)9-17(28-4)19(13)23-16/h5-9,11,23H,10H2,1-4H3,(H,22,24). The number of aromatic amines is 1. The third-order valence-electron chi connectivity index (χ3n) is 4.41. The molecule has 1 aromatic carbocycles. The molecule has 2 N–H and O–H groups in total. The summed E-state index contributed by atoms with van der Waals surface area (Å²) >= 11 is 1.25. The Kier molecular flexibility index (Phi) is 6.41. The van der Waals surface area contributed by atoms with E-state index < -0.39 is 12.1 Å². The first-order valence-electron chi connectivity index (χ1n) is 9.15. The Morgan fingerprint density at radius 1 is 1.13 bits per heavy atom. The quantitative estimate of drug-likeness (QED) is 0.419. The monoisotopic (exact) mass is 430 g/mol. The molecular weight excluding hydrogens is 408 g/mol. The summed E-state index contributed by atoms with van der Waals surface area (Å²) in [6, 6.07) is 8.52. The Balaban J connectivity index is 1.72. The number of ketones is 1. The highest BCUT2D eigenvalue weighted by atomic mass is 32.1. The second kappa shape index (κ2) is 9.00. The van der Waals surface area contributed by atoms with Gasteiger partial charge in [-0.15, -0.1) is 11.3 Å². The SMILES string of the molecule is COc1cc(OC)c2[nH]c(C(=O)OC(C)C(=O)c3ccc(CNC(C)=O)s3)cc2c1. The number of hydrogen-bond donors (Lipinski definition) is 2. The minimum absolute atomic E-state index is 0.147. The third kappa shape index (κ3) is 4.62. The summed E-state index contributed by atoms with van der Waals surface area (Å²) in [5, 5.41) is 3.40. The molecule has 2 aromatic heterocycles. The van der Waals surface area contributed by atoms with Gasteiger partial charge >= 0.3 is 5.97 Å². The van der Waals surface area contributed by atoms with Crippen LogP contribution >= 0.6 is 11.3 Å². The van der Waals surface area contributed by atoms with E-state index in [0.29, 0.717) is 28.4 Å². The topological polar surface area (TPSA) is 107 Å². The van der Waals surface area contributed by atoms with Gasteiger partial charge in [-0.25, -0.2) is 4.79 Å². The van der Waals surface area contributed by atoms with Gasteiger partial charge in [0.15, 0.2) is 6.10 Å². The van der Waals surface area contributed by atoms with Crippen molar-refractivity contribution in [1.29, 1.82) is 0 Å². The first-order chi connectivity index (χ1) is 14.3. The van der Waals surface area contributed by atoms with Crippen molar-refractivity contribution in [2.75, 3.05) is 14.2 Å². The second-order valence-electron chi connectivity index (χ2n) is 6.56. The van der Waals surface area contributed by atoms with Crippen LogP contribution in [-0.2, 0) is 16.1 Å². The number of hydrogen-bond acceptors (Lipinski definition) is 7. The first-order valence-corrected chi connectivity index (χ1v) is 9.97. The third-order valence-corrected chi connectivity index (χ3v) is 5.51. The lowest BCUT2D eigenvalue weighted by Crippen LogP contribution is -2.24. The summed E-state index contributed by atoms with van der Waals surface area (Å²) in [7, 11) is 3.07. The van der Waals surface area contributed by atoms with Crippen molar-refractivity contribution in [2.24, 2.45) is 0 Å². The number of ether oxygens (including phenoxy) is 3. The molecule has 158 valence electrons. The van der Waals surface area contributed by atoms with Gasteiger partial charge in [-0.1, -0.05) is 0 Å². The Morgan fingerprint density at radius 2 is 1.90 bits per heavy atom. The van der Waals surface area contributed by atoms with E-state index in [0.717, 1.165) is 10.3 Å². The highest BCUT2D eigenvalue weighted by Crippen LogP contribution is 2.31. The molecule has 30 heavy (non-hydrogen) atoms. The lowest BCUT2D eigenvalue weighted by molar-refractivity contribution is -0.119. The fourth-order valence-electron chi connectivity index (χ4n) is 2.87. The minimum Gasteiger partial charge on any atom is -0.497 e. The van der Waals surface area contributed by atoms with Crippen molar-refractivity contribution >= 4 is 39.9 Å². The number of carbonyl (C=O) groups is 3. The van der Waals surface area contributed by atoms with E-state index >= 15 is 0 Å². The van der Waals surface area contributed by atoms with Gasteiger partial charge in [-0.3, -0.25) is 9.59 Å². The number of carbonyl (C=O) groups excluding carboxylic acids is 3. The molecule has 0 saturated carbocycles. The molecule has 0 aliphatic rings. The summed E-state index contributed by atoms with van der Waals surface area (Å²) in [6.45, 7) is 3.30. The van der Waals surface area contributed by atoms with Crippen molar-refractivity contribution in [3.8, 4) is 11.5 Å². The number of H-pyrrole nitrogens is 1. The van der Waals surface area contributed by atoms with Gasteiger partial charge in [-0.05, 0) is 31.2 Å². The van der Waals surface area contributed by atoms with Crippen LogP contribution in [0.3, 0.4) is 0 Å². The van der Waals surface area contributed by atoms with E-state index in [4.69, 9.17) is 14.2 Å². The summed E-state index contributed by atoms with van der Waals surface area (Å²) in [5.74, 6) is 0.0134.